The van der Waals surface area contributed by atoms with Crippen molar-refractivity contribution in [3.05, 3.63) is 40.3 Å². The Morgan fingerprint density at radius 3 is 2.96 bits per heavy atom. The number of nitro groups is 1. The van der Waals surface area contributed by atoms with E-state index < -0.39 is 17.4 Å². The second-order valence-corrected chi connectivity index (χ2v) is 5.95. The molecule has 0 fully saturated rings. The van der Waals surface area contributed by atoms with E-state index in [2.05, 4.69) is 19.7 Å². The Labute approximate surface area is 154 Å². The fourth-order valence-corrected chi connectivity index (χ4v) is 2.76. The maximum Gasteiger partial charge on any atom is 0.573 e. The molecule has 0 spiro atoms. The number of nitrogens with one attached hydrogen (secondary N) is 1. The normalized spacial score (nSPS) is 16.6. The van der Waals surface area contributed by atoms with Crippen LogP contribution in [0.5, 0.6) is 11.8 Å². The van der Waals surface area contributed by atoms with Crippen LogP contribution in [0.1, 0.15) is 5.82 Å². The molecule has 10 nitrogen and oxygen atoms in total. The molecule has 0 bridgehead atoms. The van der Waals surface area contributed by atoms with Crippen LogP contribution in [0.2, 0.25) is 0 Å². The topological polar surface area (TPSA) is 117 Å². The summed E-state index contributed by atoms with van der Waals surface area (Å²) < 4.78 is 53.3. The molecule has 1 unspecified atom stereocenters. The van der Waals surface area contributed by atoms with Crippen molar-refractivity contribution >= 4 is 16.9 Å². The number of H-pyrrole nitrogens is 1. The maximum atomic E-state index is 12.3. The molecule has 2 aromatic heterocycles. The molecule has 3 heterocycles. The van der Waals surface area contributed by atoms with Gasteiger partial charge in [-0.05, 0) is 17.1 Å². The van der Waals surface area contributed by atoms with Gasteiger partial charge in [0.15, 0.2) is 0 Å². The van der Waals surface area contributed by atoms with Crippen LogP contribution >= 0.6 is 0 Å². The molecule has 0 aliphatic carbocycles. The molecular formula is C15H12F3N5O5. The highest BCUT2D eigenvalue weighted by molar-refractivity contribution is 5.76. The second-order valence-electron chi connectivity index (χ2n) is 5.95. The number of aromatic nitrogens is 4. The van der Waals surface area contributed by atoms with Gasteiger partial charge in [0.2, 0.25) is 0 Å². The van der Waals surface area contributed by atoms with Gasteiger partial charge < -0.3 is 29.3 Å². The monoisotopic (exact) mass is 399 g/mol. The standard InChI is InChI=1S/C15H12F3N5O5/c16-15(17,18)28-8-1-2-10-11(3-8)20-12(19-10)7-26-9-4-22-5-13(23(24)25)21-14(22)27-6-9/h1-3,5,9H,4,6-7H2,(H,19,20). The number of alkyl halides is 3. The van der Waals surface area contributed by atoms with Crippen molar-refractivity contribution in [2.75, 3.05) is 6.61 Å². The van der Waals surface area contributed by atoms with Crippen molar-refractivity contribution in [2.24, 2.45) is 0 Å². The highest BCUT2D eigenvalue weighted by Gasteiger charge is 2.31. The number of nitrogens with zero attached hydrogens (tertiary/aromatic N) is 4. The molecule has 1 atom stereocenters. The lowest BCUT2D eigenvalue weighted by Crippen LogP contribution is -2.32. The van der Waals surface area contributed by atoms with Crippen LogP contribution < -0.4 is 9.47 Å². The van der Waals surface area contributed by atoms with Crippen molar-refractivity contribution < 1.29 is 32.3 Å². The van der Waals surface area contributed by atoms with Crippen LogP contribution in [-0.2, 0) is 17.9 Å². The summed E-state index contributed by atoms with van der Waals surface area (Å²) in [5.41, 5.74) is 0.827. The third-order valence-corrected chi connectivity index (χ3v) is 3.90. The molecule has 13 heteroatoms. The third-order valence-electron chi connectivity index (χ3n) is 3.90. The maximum absolute atomic E-state index is 12.3. The van der Waals surface area contributed by atoms with Crippen LogP contribution in [0.4, 0.5) is 19.0 Å². The largest absolute Gasteiger partial charge is 0.573 e. The second kappa shape index (κ2) is 6.67. The first-order valence-corrected chi connectivity index (χ1v) is 7.97. The van der Waals surface area contributed by atoms with E-state index in [1.807, 2.05) is 0 Å². The molecule has 28 heavy (non-hydrogen) atoms. The number of ether oxygens (including phenoxy) is 3. The molecule has 1 aromatic carbocycles. The smallest absolute Gasteiger partial charge is 0.443 e. The Bertz CT molecular complexity index is 1030. The van der Waals surface area contributed by atoms with Crippen molar-refractivity contribution in [2.45, 2.75) is 25.6 Å². The molecule has 3 aromatic rings. The molecule has 1 aliphatic rings. The highest BCUT2D eigenvalue weighted by Crippen LogP contribution is 2.26. The first-order valence-electron chi connectivity index (χ1n) is 7.97. The summed E-state index contributed by atoms with van der Waals surface area (Å²) in [6.07, 6.45) is -3.92. The van der Waals surface area contributed by atoms with E-state index in [1.54, 1.807) is 0 Å². The van der Waals surface area contributed by atoms with Gasteiger partial charge in [0.05, 0.1) is 17.6 Å². The van der Waals surface area contributed by atoms with Gasteiger partial charge in [-0.3, -0.25) is 4.57 Å². The fourth-order valence-electron chi connectivity index (χ4n) is 2.76. The molecule has 0 saturated carbocycles. The van der Waals surface area contributed by atoms with Gasteiger partial charge in [0, 0.05) is 11.1 Å². The number of imidazole rings is 2. The summed E-state index contributed by atoms with van der Waals surface area (Å²) in [5.74, 6) is -0.266. The minimum Gasteiger partial charge on any atom is -0.443 e. The number of rotatable bonds is 5. The average Bonchev–Trinajstić information content (AvgIpc) is 3.21. The van der Waals surface area contributed by atoms with Crippen molar-refractivity contribution in [1.82, 2.24) is 19.5 Å². The van der Waals surface area contributed by atoms with E-state index in [4.69, 9.17) is 9.47 Å². The molecule has 4 rings (SSSR count). The van der Waals surface area contributed by atoms with E-state index in [0.717, 1.165) is 0 Å². The number of aromatic amines is 1. The quantitative estimate of drug-likeness (QED) is 0.517. The predicted octanol–water partition coefficient (Wildman–Crippen LogP) is 2.54. The summed E-state index contributed by atoms with van der Waals surface area (Å²) in [5, 5.41) is 10.8. The zero-order valence-corrected chi connectivity index (χ0v) is 14.0. The van der Waals surface area contributed by atoms with Gasteiger partial charge in [0.25, 0.3) is 0 Å². The van der Waals surface area contributed by atoms with Crippen LogP contribution in [0, 0.1) is 10.1 Å². The molecule has 0 saturated heterocycles. The zero-order valence-electron chi connectivity index (χ0n) is 14.0. The number of benzene rings is 1. The van der Waals surface area contributed by atoms with E-state index >= 15 is 0 Å². The molecular weight excluding hydrogens is 387 g/mol. The highest BCUT2D eigenvalue weighted by atomic mass is 19.4. The SMILES string of the molecule is O=[N+]([O-])c1cn2c(n1)OCC(OCc1nc3ccc(OC(F)(F)F)cc3[nH]1)C2. The first kappa shape index (κ1) is 18.0. The van der Waals surface area contributed by atoms with E-state index in [9.17, 15) is 23.3 Å². The van der Waals surface area contributed by atoms with E-state index in [1.165, 1.54) is 29.0 Å². The summed E-state index contributed by atoms with van der Waals surface area (Å²) in [6, 6.07) is 3.91. The number of halogens is 3. The molecule has 1 N–H and O–H groups in total. The van der Waals surface area contributed by atoms with E-state index in [0.29, 0.717) is 23.4 Å². The predicted molar refractivity (Wildman–Crippen MR) is 85.7 cm³/mol. The summed E-state index contributed by atoms with van der Waals surface area (Å²) >= 11 is 0. The lowest BCUT2D eigenvalue weighted by Gasteiger charge is -2.21. The van der Waals surface area contributed by atoms with Gasteiger partial charge in [-0.15, -0.1) is 13.2 Å². The average molecular weight is 399 g/mol. The molecule has 0 radical (unpaired) electrons. The van der Waals surface area contributed by atoms with Gasteiger partial charge in [-0.2, -0.15) is 0 Å². The van der Waals surface area contributed by atoms with Crippen molar-refractivity contribution in [3.63, 3.8) is 0 Å². The minimum absolute atomic E-state index is 0.0459. The van der Waals surface area contributed by atoms with E-state index in [-0.39, 0.29) is 30.8 Å². The minimum atomic E-state index is -4.78. The Morgan fingerprint density at radius 2 is 2.21 bits per heavy atom. The zero-order chi connectivity index (χ0) is 19.9. The van der Waals surface area contributed by atoms with Gasteiger partial charge in [-0.25, -0.2) is 4.98 Å². The van der Waals surface area contributed by atoms with Gasteiger partial charge in [-0.1, -0.05) is 0 Å². The number of hydrogen-bond donors (Lipinski definition) is 1. The van der Waals surface area contributed by atoms with Gasteiger partial charge in [0.1, 0.15) is 37.1 Å². The lowest BCUT2D eigenvalue weighted by molar-refractivity contribution is -0.389. The lowest BCUT2D eigenvalue weighted by atomic mass is 10.3. The molecule has 0 amide bonds. The van der Waals surface area contributed by atoms with Crippen molar-refractivity contribution in [1.29, 1.82) is 0 Å². The van der Waals surface area contributed by atoms with Crippen LogP contribution in [0.3, 0.4) is 0 Å². The van der Waals surface area contributed by atoms with Crippen LogP contribution in [0.15, 0.2) is 24.4 Å². The van der Waals surface area contributed by atoms with Crippen molar-refractivity contribution in [3.8, 4) is 11.8 Å². The Hall–Kier alpha value is -3.35. The molecule has 148 valence electrons. The summed E-state index contributed by atoms with van der Waals surface area (Å²) in [7, 11) is 0. The number of hydrogen-bond acceptors (Lipinski definition) is 7. The fraction of sp³-hybridized carbons (Fsp3) is 0.333. The van der Waals surface area contributed by atoms with Gasteiger partial charge >= 0.3 is 18.2 Å². The summed E-state index contributed by atoms with van der Waals surface area (Å²) in [4.78, 5) is 21.0. The van der Waals surface area contributed by atoms with Crippen LogP contribution in [0.25, 0.3) is 11.0 Å². The first-order chi connectivity index (χ1) is 13.3. The Morgan fingerprint density at radius 1 is 1.39 bits per heavy atom. The molecule has 1 aliphatic heterocycles. The van der Waals surface area contributed by atoms with Crippen LogP contribution in [-0.4, -0.2) is 43.5 Å². The Kier molecular flexibility index (Phi) is 4.30. The number of fused-ring (bicyclic) bond motifs is 2. The Balaban J connectivity index is 1.40. The summed E-state index contributed by atoms with van der Waals surface area (Å²) in [6.45, 7) is 0.502. The third kappa shape index (κ3) is 3.83.